The summed E-state index contributed by atoms with van der Waals surface area (Å²) >= 11 is 0. The summed E-state index contributed by atoms with van der Waals surface area (Å²) in [6.45, 7) is 0.621. The molecule has 0 aromatic carbocycles. The van der Waals surface area contributed by atoms with Gasteiger partial charge in [0.25, 0.3) is 0 Å². The lowest BCUT2D eigenvalue weighted by molar-refractivity contribution is -0.130. The summed E-state index contributed by atoms with van der Waals surface area (Å²) in [5, 5.41) is 0. The Morgan fingerprint density at radius 2 is 2.36 bits per heavy atom. The van der Waals surface area contributed by atoms with E-state index in [0.29, 0.717) is 13.0 Å². The summed E-state index contributed by atoms with van der Waals surface area (Å²) < 4.78 is 23.6. The van der Waals surface area contributed by atoms with E-state index in [-0.39, 0.29) is 12.3 Å². The van der Waals surface area contributed by atoms with Crippen LogP contribution in [0.5, 0.6) is 0 Å². The molecule has 1 rings (SSSR count). The van der Waals surface area contributed by atoms with Crippen molar-refractivity contribution in [3.05, 3.63) is 0 Å². The van der Waals surface area contributed by atoms with Crippen LogP contribution in [0.25, 0.3) is 0 Å². The Morgan fingerprint density at radius 1 is 1.73 bits per heavy atom. The van der Waals surface area contributed by atoms with Crippen LogP contribution in [0.4, 0.5) is 8.78 Å². The molecule has 64 valence electrons. The fourth-order valence-electron chi connectivity index (χ4n) is 1.33. The predicted octanol–water partition coefficient (Wildman–Crippen LogP) is 1.12. The van der Waals surface area contributed by atoms with E-state index in [9.17, 15) is 13.6 Å². The predicted molar refractivity (Wildman–Crippen MR) is 36.4 cm³/mol. The number of rotatable bonds is 2. The zero-order chi connectivity index (χ0) is 8.43. The van der Waals surface area contributed by atoms with E-state index in [0.717, 1.165) is 0 Å². The first kappa shape index (κ1) is 8.43. The lowest BCUT2D eigenvalue weighted by atomic mass is 10.1. The van der Waals surface area contributed by atoms with Gasteiger partial charge in [-0.15, -0.1) is 0 Å². The number of likely N-dealkylation sites (tertiary alicyclic amines) is 1. The number of hydrogen-bond acceptors (Lipinski definition) is 1. The molecule has 1 saturated heterocycles. The minimum Gasteiger partial charge on any atom is -0.345 e. The molecule has 2 nitrogen and oxygen atoms in total. The first-order valence-corrected chi connectivity index (χ1v) is 3.64. The molecule has 0 radical (unpaired) electrons. The number of nitrogens with zero attached hydrogens (tertiary/aromatic N) is 1. The summed E-state index contributed by atoms with van der Waals surface area (Å²) in [4.78, 5) is 12.5. The zero-order valence-electron chi connectivity index (χ0n) is 6.39. The number of carbonyl (C=O) groups is 1. The molecule has 1 amide bonds. The lowest BCUT2D eigenvalue weighted by Gasteiger charge is -2.08. The standard InChI is InChI=1S/C7H11F2NO/c1-10-3-2-5(7(10)11)4-6(8)9/h5-6H,2-4H2,1H3. The molecule has 1 aliphatic rings. The van der Waals surface area contributed by atoms with Crippen molar-refractivity contribution < 1.29 is 13.6 Å². The molecule has 0 aromatic heterocycles. The van der Waals surface area contributed by atoms with Crippen LogP contribution in [0, 0.1) is 5.92 Å². The van der Waals surface area contributed by atoms with Gasteiger partial charge in [0.2, 0.25) is 12.3 Å². The van der Waals surface area contributed by atoms with E-state index in [2.05, 4.69) is 0 Å². The Hall–Kier alpha value is -0.670. The van der Waals surface area contributed by atoms with Gasteiger partial charge in [-0.2, -0.15) is 0 Å². The minimum atomic E-state index is -2.35. The zero-order valence-corrected chi connectivity index (χ0v) is 6.39. The van der Waals surface area contributed by atoms with Crippen LogP contribution in [0.15, 0.2) is 0 Å². The van der Waals surface area contributed by atoms with Gasteiger partial charge < -0.3 is 4.90 Å². The van der Waals surface area contributed by atoms with Crippen molar-refractivity contribution in [2.75, 3.05) is 13.6 Å². The van der Waals surface area contributed by atoms with Crippen LogP contribution >= 0.6 is 0 Å². The van der Waals surface area contributed by atoms with Crippen molar-refractivity contribution in [2.24, 2.45) is 5.92 Å². The molecule has 0 aliphatic carbocycles. The third-order valence-corrected chi connectivity index (χ3v) is 2.00. The molecule has 1 fully saturated rings. The monoisotopic (exact) mass is 163 g/mol. The smallest absolute Gasteiger partial charge is 0.239 e. The Kier molecular flexibility index (Phi) is 2.42. The molecule has 1 heterocycles. The van der Waals surface area contributed by atoms with Crippen molar-refractivity contribution in [3.63, 3.8) is 0 Å². The van der Waals surface area contributed by atoms with E-state index >= 15 is 0 Å². The highest BCUT2D eigenvalue weighted by molar-refractivity contribution is 5.80. The van der Waals surface area contributed by atoms with Crippen molar-refractivity contribution in [1.82, 2.24) is 4.90 Å². The maximum Gasteiger partial charge on any atom is 0.239 e. The van der Waals surface area contributed by atoms with E-state index in [1.54, 1.807) is 7.05 Å². The number of alkyl halides is 2. The van der Waals surface area contributed by atoms with Gasteiger partial charge in [-0.05, 0) is 6.42 Å². The second-order valence-electron chi connectivity index (χ2n) is 2.87. The highest BCUT2D eigenvalue weighted by Gasteiger charge is 2.30. The average Bonchev–Trinajstić information content (AvgIpc) is 2.18. The molecular weight excluding hydrogens is 152 g/mol. The maximum atomic E-state index is 11.8. The van der Waals surface area contributed by atoms with E-state index < -0.39 is 12.3 Å². The molecule has 1 aliphatic heterocycles. The maximum absolute atomic E-state index is 11.8. The van der Waals surface area contributed by atoms with Crippen molar-refractivity contribution in [1.29, 1.82) is 0 Å². The SMILES string of the molecule is CN1CCC(CC(F)F)C1=O. The second-order valence-corrected chi connectivity index (χ2v) is 2.87. The molecule has 11 heavy (non-hydrogen) atoms. The summed E-state index contributed by atoms with van der Waals surface area (Å²) in [5.74, 6) is -0.565. The van der Waals surface area contributed by atoms with Crippen LogP contribution in [-0.4, -0.2) is 30.8 Å². The largest absolute Gasteiger partial charge is 0.345 e. The van der Waals surface area contributed by atoms with Crippen molar-refractivity contribution in [2.45, 2.75) is 19.3 Å². The molecule has 0 N–H and O–H groups in total. The summed E-state index contributed by atoms with van der Waals surface area (Å²) in [6, 6.07) is 0. The quantitative estimate of drug-likeness (QED) is 0.597. The highest BCUT2D eigenvalue weighted by atomic mass is 19.3. The average molecular weight is 163 g/mol. The van der Waals surface area contributed by atoms with E-state index in [4.69, 9.17) is 0 Å². The summed E-state index contributed by atoms with van der Waals surface area (Å²) in [5.41, 5.74) is 0. The van der Waals surface area contributed by atoms with Crippen LogP contribution in [0.3, 0.4) is 0 Å². The number of halogens is 2. The fraction of sp³-hybridized carbons (Fsp3) is 0.857. The summed E-state index contributed by atoms with van der Waals surface area (Å²) in [7, 11) is 1.65. The first-order valence-electron chi connectivity index (χ1n) is 3.64. The first-order chi connectivity index (χ1) is 5.11. The Balaban J connectivity index is 2.42. The highest BCUT2D eigenvalue weighted by Crippen LogP contribution is 2.22. The number of carbonyl (C=O) groups excluding carboxylic acids is 1. The normalized spacial score (nSPS) is 25.3. The molecule has 0 aromatic rings. The number of amides is 1. The van der Waals surface area contributed by atoms with E-state index in [1.807, 2.05) is 0 Å². The van der Waals surface area contributed by atoms with Crippen molar-refractivity contribution in [3.8, 4) is 0 Å². The van der Waals surface area contributed by atoms with Gasteiger partial charge in [-0.25, -0.2) is 8.78 Å². The molecule has 0 saturated carbocycles. The molecule has 4 heteroatoms. The molecule has 1 atom stereocenters. The van der Waals surface area contributed by atoms with Crippen LogP contribution in [0.2, 0.25) is 0 Å². The Labute approximate surface area is 64.2 Å². The third-order valence-electron chi connectivity index (χ3n) is 2.00. The van der Waals surface area contributed by atoms with Gasteiger partial charge in [-0.1, -0.05) is 0 Å². The van der Waals surface area contributed by atoms with Crippen LogP contribution < -0.4 is 0 Å². The van der Waals surface area contributed by atoms with Crippen molar-refractivity contribution >= 4 is 5.91 Å². The lowest BCUT2D eigenvalue weighted by Crippen LogP contribution is -2.23. The molecule has 1 unspecified atom stereocenters. The Morgan fingerprint density at radius 3 is 2.73 bits per heavy atom. The van der Waals surface area contributed by atoms with Crippen LogP contribution in [0.1, 0.15) is 12.8 Å². The van der Waals surface area contributed by atoms with Gasteiger partial charge in [0, 0.05) is 25.9 Å². The number of hydrogen-bond donors (Lipinski definition) is 0. The van der Waals surface area contributed by atoms with Gasteiger partial charge in [0.15, 0.2) is 0 Å². The van der Waals surface area contributed by atoms with E-state index in [1.165, 1.54) is 4.90 Å². The molecule has 0 bridgehead atoms. The third kappa shape index (κ3) is 1.88. The molecule has 0 spiro atoms. The molecular formula is C7H11F2NO. The topological polar surface area (TPSA) is 20.3 Å². The second kappa shape index (κ2) is 3.15. The van der Waals surface area contributed by atoms with Gasteiger partial charge in [0.05, 0.1) is 0 Å². The Bertz CT molecular complexity index is 161. The summed E-state index contributed by atoms with van der Waals surface area (Å²) in [6.07, 6.45) is -2.04. The van der Waals surface area contributed by atoms with Gasteiger partial charge in [0.1, 0.15) is 0 Å². The minimum absolute atomic E-state index is 0.134. The van der Waals surface area contributed by atoms with Gasteiger partial charge in [-0.3, -0.25) is 4.79 Å². The fourth-order valence-corrected chi connectivity index (χ4v) is 1.33. The van der Waals surface area contributed by atoms with Crippen LogP contribution in [-0.2, 0) is 4.79 Å². The van der Waals surface area contributed by atoms with Gasteiger partial charge >= 0.3 is 0 Å².